The lowest BCUT2D eigenvalue weighted by Crippen LogP contribution is -2.49. The topological polar surface area (TPSA) is 84.7 Å². The first-order valence-corrected chi connectivity index (χ1v) is 8.66. The monoisotopic (exact) mass is 333 g/mol. The third-order valence-electron chi connectivity index (χ3n) is 4.20. The van der Waals surface area contributed by atoms with Crippen molar-refractivity contribution >= 4 is 17.5 Å². The zero-order valence-electron chi connectivity index (χ0n) is 14.7. The molecular formula is C18H27N3O3. The predicted molar refractivity (Wildman–Crippen MR) is 94.0 cm³/mol. The summed E-state index contributed by atoms with van der Waals surface area (Å²) in [4.78, 5) is 26.3. The van der Waals surface area contributed by atoms with Crippen molar-refractivity contribution in [3.63, 3.8) is 0 Å². The number of anilines is 1. The first kappa shape index (κ1) is 18.3. The molecule has 2 amide bonds. The highest BCUT2D eigenvalue weighted by Crippen LogP contribution is 2.36. The molecule has 1 aromatic carbocycles. The molecule has 0 fully saturated rings. The van der Waals surface area contributed by atoms with Gasteiger partial charge < -0.3 is 15.8 Å². The molecule has 2 unspecified atom stereocenters. The molecule has 0 saturated heterocycles. The van der Waals surface area contributed by atoms with Crippen LogP contribution in [0.5, 0.6) is 5.75 Å². The fourth-order valence-corrected chi connectivity index (χ4v) is 2.69. The number of fused-ring (bicyclic) bond motifs is 1. The molecule has 0 aromatic heterocycles. The summed E-state index contributed by atoms with van der Waals surface area (Å²) in [6.45, 7) is 6.48. The number of rotatable bonds is 7. The lowest BCUT2D eigenvalue weighted by molar-refractivity contribution is -0.129. The first-order valence-electron chi connectivity index (χ1n) is 8.66. The van der Waals surface area contributed by atoms with Gasteiger partial charge in [-0.1, -0.05) is 26.8 Å². The van der Waals surface area contributed by atoms with Crippen molar-refractivity contribution in [3.05, 3.63) is 23.8 Å². The van der Waals surface area contributed by atoms with Gasteiger partial charge in [0.2, 0.25) is 5.91 Å². The Bertz CT molecular complexity index is 603. The normalized spacial score (nSPS) is 17.9. The standard InChI is InChI=1S/C18H27N3O3/c1-4-9-20-17(22)11-21-14-10-12(13(19)5-2)7-8-16(14)24-15(6-3)18(21)23/h7-8,10,13,15H,4-6,9,11,19H2,1-3H3,(H,20,22). The summed E-state index contributed by atoms with van der Waals surface area (Å²) in [7, 11) is 0. The van der Waals surface area contributed by atoms with Gasteiger partial charge in [-0.25, -0.2) is 0 Å². The maximum Gasteiger partial charge on any atom is 0.268 e. The van der Waals surface area contributed by atoms with Crippen LogP contribution in [0.15, 0.2) is 18.2 Å². The van der Waals surface area contributed by atoms with Crippen LogP contribution >= 0.6 is 0 Å². The highest BCUT2D eigenvalue weighted by atomic mass is 16.5. The molecule has 2 atom stereocenters. The minimum atomic E-state index is -0.554. The third-order valence-corrected chi connectivity index (χ3v) is 4.20. The van der Waals surface area contributed by atoms with Crippen LogP contribution in [0.1, 0.15) is 51.6 Å². The number of ether oxygens (including phenoxy) is 1. The average Bonchev–Trinajstić information content (AvgIpc) is 2.60. The molecule has 6 nitrogen and oxygen atoms in total. The van der Waals surface area contributed by atoms with E-state index in [1.807, 2.05) is 39.0 Å². The fraction of sp³-hybridized carbons (Fsp3) is 0.556. The number of benzene rings is 1. The van der Waals surface area contributed by atoms with E-state index in [2.05, 4.69) is 5.32 Å². The molecule has 1 heterocycles. The summed E-state index contributed by atoms with van der Waals surface area (Å²) in [6.07, 6.45) is 1.65. The highest BCUT2D eigenvalue weighted by Gasteiger charge is 2.34. The van der Waals surface area contributed by atoms with E-state index in [4.69, 9.17) is 10.5 Å². The number of amides is 2. The molecular weight excluding hydrogens is 306 g/mol. The Morgan fingerprint density at radius 3 is 2.75 bits per heavy atom. The summed E-state index contributed by atoms with van der Waals surface area (Å²) in [5.41, 5.74) is 7.66. The van der Waals surface area contributed by atoms with Crippen LogP contribution in [0, 0.1) is 0 Å². The van der Waals surface area contributed by atoms with Gasteiger partial charge in [-0.15, -0.1) is 0 Å². The second kappa shape index (κ2) is 8.15. The average molecular weight is 333 g/mol. The second-order valence-corrected chi connectivity index (χ2v) is 6.03. The molecule has 1 aromatic rings. The van der Waals surface area contributed by atoms with Crippen LogP contribution < -0.4 is 20.7 Å². The molecule has 0 radical (unpaired) electrons. The molecule has 3 N–H and O–H groups in total. The van der Waals surface area contributed by atoms with Crippen LogP contribution in [0.2, 0.25) is 0 Å². The zero-order valence-corrected chi connectivity index (χ0v) is 14.7. The van der Waals surface area contributed by atoms with Crippen molar-refractivity contribution < 1.29 is 14.3 Å². The minimum absolute atomic E-state index is 0.00346. The molecule has 2 rings (SSSR count). The van der Waals surface area contributed by atoms with Gasteiger partial charge in [-0.05, 0) is 37.0 Å². The number of hydrogen-bond donors (Lipinski definition) is 2. The number of carbonyl (C=O) groups is 2. The third kappa shape index (κ3) is 3.87. The molecule has 6 heteroatoms. The maximum absolute atomic E-state index is 12.7. The molecule has 0 spiro atoms. The van der Waals surface area contributed by atoms with Gasteiger partial charge in [-0.2, -0.15) is 0 Å². The summed E-state index contributed by atoms with van der Waals surface area (Å²) < 4.78 is 5.79. The van der Waals surface area contributed by atoms with Crippen LogP contribution in [-0.4, -0.2) is 31.0 Å². The van der Waals surface area contributed by atoms with E-state index in [0.29, 0.717) is 24.4 Å². The number of carbonyl (C=O) groups excluding carboxylic acids is 2. The summed E-state index contributed by atoms with van der Waals surface area (Å²) in [5, 5.41) is 2.81. The van der Waals surface area contributed by atoms with Crippen molar-refractivity contribution in [1.29, 1.82) is 0 Å². The number of nitrogens with zero attached hydrogens (tertiary/aromatic N) is 1. The Kier molecular flexibility index (Phi) is 6.20. The van der Waals surface area contributed by atoms with Gasteiger partial charge in [0.25, 0.3) is 5.91 Å². The largest absolute Gasteiger partial charge is 0.478 e. The molecule has 1 aliphatic heterocycles. The van der Waals surface area contributed by atoms with Crippen LogP contribution in [0.25, 0.3) is 0 Å². The first-order chi connectivity index (χ1) is 11.5. The van der Waals surface area contributed by atoms with E-state index >= 15 is 0 Å². The Labute approximate surface area is 143 Å². The van der Waals surface area contributed by atoms with Crippen molar-refractivity contribution in [2.24, 2.45) is 5.73 Å². The van der Waals surface area contributed by atoms with Gasteiger partial charge in [0.15, 0.2) is 6.10 Å². The molecule has 24 heavy (non-hydrogen) atoms. The van der Waals surface area contributed by atoms with E-state index in [1.165, 1.54) is 4.90 Å². The van der Waals surface area contributed by atoms with Crippen LogP contribution in [0.4, 0.5) is 5.69 Å². The summed E-state index contributed by atoms with van der Waals surface area (Å²) >= 11 is 0. The highest BCUT2D eigenvalue weighted by molar-refractivity contribution is 6.03. The van der Waals surface area contributed by atoms with E-state index in [0.717, 1.165) is 18.4 Å². The van der Waals surface area contributed by atoms with Crippen molar-refractivity contribution in [1.82, 2.24) is 5.32 Å². The molecule has 0 saturated carbocycles. The van der Waals surface area contributed by atoms with Crippen LogP contribution in [0.3, 0.4) is 0 Å². The van der Waals surface area contributed by atoms with Gasteiger partial charge in [0.05, 0.1) is 5.69 Å². The Balaban J connectivity index is 2.33. The van der Waals surface area contributed by atoms with Crippen LogP contribution in [-0.2, 0) is 9.59 Å². The number of nitrogens with two attached hydrogens (primary N) is 1. The lowest BCUT2D eigenvalue weighted by Gasteiger charge is -2.34. The van der Waals surface area contributed by atoms with Gasteiger partial charge in [-0.3, -0.25) is 14.5 Å². The van der Waals surface area contributed by atoms with E-state index in [1.54, 1.807) is 0 Å². The quantitative estimate of drug-likeness (QED) is 0.800. The molecule has 0 bridgehead atoms. The van der Waals surface area contributed by atoms with Crippen molar-refractivity contribution in [2.75, 3.05) is 18.0 Å². The van der Waals surface area contributed by atoms with E-state index in [9.17, 15) is 9.59 Å². The Morgan fingerprint density at radius 2 is 2.12 bits per heavy atom. The molecule has 132 valence electrons. The smallest absolute Gasteiger partial charge is 0.268 e. The van der Waals surface area contributed by atoms with E-state index in [-0.39, 0.29) is 24.4 Å². The fourth-order valence-electron chi connectivity index (χ4n) is 2.69. The summed E-state index contributed by atoms with van der Waals surface area (Å²) in [5.74, 6) is 0.272. The van der Waals surface area contributed by atoms with E-state index < -0.39 is 6.10 Å². The molecule has 1 aliphatic rings. The lowest BCUT2D eigenvalue weighted by atomic mass is 10.0. The Hall–Kier alpha value is -2.08. The molecule has 0 aliphatic carbocycles. The maximum atomic E-state index is 12.7. The zero-order chi connectivity index (χ0) is 17.7. The number of nitrogens with one attached hydrogen (secondary N) is 1. The van der Waals surface area contributed by atoms with Gasteiger partial charge >= 0.3 is 0 Å². The number of hydrogen-bond acceptors (Lipinski definition) is 4. The predicted octanol–water partition coefficient (Wildman–Crippen LogP) is 2.13. The SMILES string of the molecule is CCCNC(=O)CN1C(=O)C(CC)Oc2ccc(C(N)CC)cc21. The Morgan fingerprint density at radius 1 is 1.38 bits per heavy atom. The van der Waals surface area contributed by atoms with Crippen molar-refractivity contribution in [2.45, 2.75) is 52.2 Å². The van der Waals surface area contributed by atoms with Crippen molar-refractivity contribution in [3.8, 4) is 5.75 Å². The summed E-state index contributed by atoms with van der Waals surface area (Å²) in [6, 6.07) is 5.52. The van der Waals surface area contributed by atoms with Gasteiger partial charge in [0, 0.05) is 12.6 Å². The van der Waals surface area contributed by atoms with Gasteiger partial charge in [0.1, 0.15) is 12.3 Å². The second-order valence-electron chi connectivity index (χ2n) is 6.03. The minimum Gasteiger partial charge on any atom is -0.478 e.